The van der Waals surface area contributed by atoms with Gasteiger partial charge in [0.15, 0.2) is 0 Å². The van der Waals surface area contributed by atoms with E-state index < -0.39 is 0 Å². The SMILES string of the molecule is CN1CCc2c(ccnc2NCc2ccccn2)C1. The molecule has 0 aliphatic carbocycles. The largest absolute Gasteiger partial charge is 0.364 e. The van der Waals surface area contributed by atoms with Crippen LogP contribution >= 0.6 is 0 Å². The summed E-state index contributed by atoms with van der Waals surface area (Å²) < 4.78 is 0. The summed E-state index contributed by atoms with van der Waals surface area (Å²) in [4.78, 5) is 11.1. The molecule has 0 atom stereocenters. The summed E-state index contributed by atoms with van der Waals surface area (Å²) in [6.45, 7) is 2.83. The van der Waals surface area contributed by atoms with Crippen LogP contribution in [0, 0.1) is 0 Å². The van der Waals surface area contributed by atoms with Crippen LogP contribution in [0.25, 0.3) is 0 Å². The van der Waals surface area contributed by atoms with Crippen molar-refractivity contribution in [1.29, 1.82) is 0 Å². The van der Waals surface area contributed by atoms with Crippen molar-refractivity contribution in [3.8, 4) is 0 Å². The zero-order chi connectivity index (χ0) is 13.1. The molecule has 4 heteroatoms. The summed E-state index contributed by atoms with van der Waals surface area (Å²) in [5, 5.41) is 3.41. The molecular weight excluding hydrogens is 236 g/mol. The van der Waals surface area contributed by atoms with Crippen LogP contribution in [-0.4, -0.2) is 28.5 Å². The summed E-state index contributed by atoms with van der Waals surface area (Å²) in [7, 11) is 2.16. The molecule has 3 rings (SSSR count). The van der Waals surface area contributed by atoms with Crippen LogP contribution in [-0.2, 0) is 19.5 Å². The number of rotatable bonds is 3. The lowest BCUT2D eigenvalue weighted by Gasteiger charge is -2.26. The second-order valence-electron chi connectivity index (χ2n) is 4.96. The minimum atomic E-state index is 0.722. The summed E-state index contributed by atoms with van der Waals surface area (Å²) in [5.41, 5.74) is 3.78. The van der Waals surface area contributed by atoms with E-state index >= 15 is 0 Å². The molecular formula is C15H18N4. The minimum Gasteiger partial charge on any atom is -0.364 e. The Balaban J connectivity index is 1.77. The van der Waals surface area contributed by atoms with Gasteiger partial charge in [-0.25, -0.2) is 4.98 Å². The van der Waals surface area contributed by atoms with Crippen LogP contribution < -0.4 is 5.32 Å². The number of hydrogen-bond donors (Lipinski definition) is 1. The van der Waals surface area contributed by atoms with Crippen LogP contribution in [0.5, 0.6) is 0 Å². The average Bonchev–Trinajstić information content (AvgIpc) is 2.45. The highest BCUT2D eigenvalue weighted by atomic mass is 15.1. The molecule has 4 nitrogen and oxygen atoms in total. The van der Waals surface area contributed by atoms with Crippen molar-refractivity contribution in [3.63, 3.8) is 0 Å². The van der Waals surface area contributed by atoms with Crippen molar-refractivity contribution in [3.05, 3.63) is 53.5 Å². The monoisotopic (exact) mass is 254 g/mol. The van der Waals surface area contributed by atoms with Crippen LogP contribution in [0.1, 0.15) is 16.8 Å². The Bertz CT molecular complexity index is 553. The van der Waals surface area contributed by atoms with Gasteiger partial charge in [0.1, 0.15) is 5.82 Å². The lowest BCUT2D eigenvalue weighted by Crippen LogP contribution is -2.27. The van der Waals surface area contributed by atoms with Gasteiger partial charge in [0.2, 0.25) is 0 Å². The van der Waals surface area contributed by atoms with Gasteiger partial charge < -0.3 is 10.2 Å². The van der Waals surface area contributed by atoms with Gasteiger partial charge in [0.25, 0.3) is 0 Å². The maximum Gasteiger partial charge on any atom is 0.129 e. The molecule has 19 heavy (non-hydrogen) atoms. The molecule has 0 saturated carbocycles. The predicted molar refractivity (Wildman–Crippen MR) is 75.8 cm³/mol. The predicted octanol–water partition coefficient (Wildman–Crippen LogP) is 2.08. The van der Waals surface area contributed by atoms with E-state index in [-0.39, 0.29) is 0 Å². The molecule has 2 aromatic heterocycles. The maximum atomic E-state index is 4.47. The van der Waals surface area contributed by atoms with Gasteiger partial charge in [-0.2, -0.15) is 0 Å². The zero-order valence-corrected chi connectivity index (χ0v) is 11.1. The molecule has 98 valence electrons. The summed E-state index contributed by atoms with van der Waals surface area (Å²) in [6, 6.07) is 8.09. The Labute approximate surface area is 113 Å². The fourth-order valence-corrected chi connectivity index (χ4v) is 2.46. The highest BCUT2D eigenvalue weighted by Crippen LogP contribution is 2.23. The van der Waals surface area contributed by atoms with Crippen molar-refractivity contribution in [2.45, 2.75) is 19.5 Å². The second-order valence-corrected chi connectivity index (χ2v) is 4.96. The number of nitrogens with zero attached hydrogens (tertiary/aromatic N) is 3. The van der Waals surface area contributed by atoms with E-state index in [0.717, 1.165) is 37.6 Å². The number of aromatic nitrogens is 2. The van der Waals surface area contributed by atoms with Crippen LogP contribution in [0.3, 0.4) is 0 Å². The molecule has 0 aromatic carbocycles. The van der Waals surface area contributed by atoms with Crippen LogP contribution in [0.15, 0.2) is 36.7 Å². The van der Waals surface area contributed by atoms with Crippen LogP contribution in [0.2, 0.25) is 0 Å². The lowest BCUT2D eigenvalue weighted by atomic mass is 10.0. The van der Waals surface area contributed by atoms with Crippen LogP contribution in [0.4, 0.5) is 5.82 Å². The van der Waals surface area contributed by atoms with Gasteiger partial charge in [0, 0.05) is 31.0 Å². The number of pyridine rings is 2. The number of anilines is 1. The fourth-order valence-electron chi connectivity index (χ4n) is 2.46. The van der Waals surface area contributed by atoms with Gasteiger partial charge in [-0.1, -0.05) is 6.07 Å². The molecule has 0 saturated heterocycles. The van der Waals surface area contributed by atoms with Gasteiger partial charge in [-0.15, -0.1) is 0 Å². The Morgan fingerprint density at radius 2 is 2.16 bits per heavy atom. The zero-order valence-electron chi connectivity index (χ0n) is 11.1. The van der Waals surface area contributed by atoms with Gasteiger partial charge in [-0.05, 0) is 37.2 Å². The third-order valence-electron chi connectivity index (χ3n) is 3.50. The van der Waals surface area contributed by atoms with E-state index in [2.05, 4.69) is 33.3 Å². The second kappa shape index (κ2) is 5.36. The van der Waals surface area contributed by atoms with E-state index in [1.54, 1.807) is 0 Å². The quantitative estimate of drug-likeness (QED) is 0.910. The Hall–Kier alpha value is -1.94. The van der Waals surface area contributed by atoms with Gasteiger partial charge in [0.05, 0.1) is 12.2 Å². The summed E-state index contributed by atoms with van der Waals surface area (Å²) >= 11 is 0. The van der Waals surface area contributed by atoms with Crippen molar-refractivity contribution < 1.29 is 0 Å². The third-order valence-corrected chi connectivity index (χ3v) is 3.50. The Kier molecular flexibility index (Phi) is 3.42. The maximum absolute atomic E-state index is 4.47. The molecule has 1 aliphatic heterocycles. The van der Waals surface area contributed by atoms with Crippen molar-refractivity contribution in [2.24, 2.45) is 0 Å². The molecule has 0 amide bonds. The standard InChI is InChI=1S/C15H18N4/c1-19-9-6-14-12(11-19)5-8-17-15(14)18-10-13-4-2-3-7-16-13/h2-5,7-8H,6,9-11H2,1H3,(H,17,18). The molecule has 0 spiro atoms. The highest BCUT2D eigenvalue weighted by molar-refractivity contribution is 5.49. The third kappa shape index (κ3) is 2.74. The van der Waals surface area contributed by atoms with E-state index in [1.165, 1.54) is 11.1 Å². The van der Waals surface area contributed by atoms with E-state index in [0.29, 0.717) is 0 Å². The highest BCUT2D eigenvalue weighted by Gasteiger charge is 2.16. The van der Waals surface area contributed by atoms with Gasteiger partial charge in [-0.3, -0.25) is 4.98 Å². The Morgan fingerprint density at radius 1 is 1.21 bits per heavy atom. The number of hydrogen-bond acceptors (Lipinski definition) is 4. The first-order chi connectivity index (χ1) is 9.33. The topological polar surface area (TPSA) is 41.1 Å². The molecule has 0 unspecified atom stereocenters. The molecule has 0 bridgehead atoms. The van der Waals surface area contributed by atoms with E-state index in [4.69, 9.17) is 0 Å². The Morgan fingerprint density at radius 3 is 3.00 bits per heavy atom. The first-order valence-corrected chi connectivity index (χ1v) is 6.62. The minimum absolute atomic E-state index is 0.722. The normalized spacial score (nSPS) is 15.0. The van der Waals surface area contributed by atoms with Crippen molar-refractivity contribution >= 4 is 5.82 Å². The average molecular weight is 254 g/mol. The molecule has 1 N–H and O–H groups in total. The van der Waals surface area contributed by atoms with E-state index in [1.807, 2.05) is 30.6 Å². The molecule has 0 fully saturated rings. The smallest absolute Gasteiger partial charge is 0.129 e. The first kappa shape index (κ1) is 12.1. The van der Waals surface area contributed by atoms with Crippen molar-refractivity contribution in [1.82, 2.24) is 14.9 Å². The first-order valence-electron chi connectivity index (χ1n) is 6.62. The fraction of sp³-hybridized carbons (Fsp3) is 0.333. The molecule has 1 aliphatic rings. The lowest BCUT2D eigenvalue weighted by molar-refractivity contribution is 0.313. The van der Waals surface area contributed by atoms with Gasteiger partial charge >= 0.3 is 0 Å². The number of likely N-dealkylation sites (N-methyl/N-ethyl adjacent to an activating group) is 1. The summed E-state index contributed by atoms with van der Waals surface area (Å²) in [5.74, 6) is 1.01. The van der Waals surface area contributed by atoms with Crippen molar-refractivity contribution in [2.75, 3.05) is 18.9 Å². The summed E-state index contributed by atoms with van der Waals surface area (Å²) in [6.07, 6.45) is 4.77. The number of nitrogens with one attached hydrogen (secondary N) is 1. The van der Waals surface area contributed by atoms with E-state index in [9.17, 15) is 0 Å². The molecule has 3 heterocycles. The molecule has 0 radical (unpaired) electrons. The number of fused-ring (bicyclic) bond motifs is 1. The molecule has 2 aromatic rings.